The van der Waals surface area contributed by atoms with Crippen molar-refractivity contribution < 1.29 is 4.79 Å². The second kappa shape index (κ2) is 5.02. The number of nitrogens with one attached hydrogen (secondary N) is 2. The minimum absolute atomic E-state index is 0.0154. The average molecular weight is 254 g/mol. The number of rotatable bonds is 3. The lowest BCUT2D eigenvalue weighted by atomic mass is 9.93. The van der Waals surface area contributed by atoms with Crippen LogP contribution in [-0.4, -0.2) is 23.0 Å². The summed E-state index contributed by atoms with van der Waals surface area (Å²) >= 11 is 5.69. The van der Waals surface area contributed by atoms with Gasteiger partial charge < -0.3 is 10.6 Å². The molecule has 1 unspecified atom stereocenters. The molecule has 1 aromatic heterocycles. The van der Waals surface area contributed by atoms with Crippen LogP contribution in [0.15, 0.2) is 18.3 Å². The van der Waals surface area contributed by atoms with Crippen molar-refractivity contribution in [3.05, 3.63) is 23.5 Å². The number of carbonyl (C=O) groups excluding carboxylic acids is 1. The number of anilines is 1. The largest absolute Gasteiger partial charge is 0.323 e. The summed E-state index contributed by atoms with van der Waals surface area (Å²) in [6.07, 6.45) is 4.29. The highest BCUT2D eigenvalue weighted by atomic mass is 35.5. The zero-order valence-electron chi connectivity index (χ0n) is 9.79. The van der Waals surface area contributed by atoms with E-state index in [1.54, 1.807) is 18.3 Å². The molecule has 92 valence electrons. The maximum absolute atomic E-state index is 12.2. The third-order valence-corrected chi connectivity index (χ3v) is 3.49. The van der Waals surface area contributed by atoms with Crippen LogP contribution >= 0.6 is 11.6 Å². The summed E-state index contributed by atoms with van der Waals surface area (Å²) in [5.41, 5.74) is 0.264. The molecule has 5 heteroatoms. The van der Waals surface area contributed by atoms with E-state index >= 15 is 0 Å². The summed E-state index contributed by atoms with van der Waals surface area (Å²) in [4.78, 5) is 16.2. The molecule has 0 radical (unpaired) electrons. The third kappa shape index (κ3) is 2.58. The normalized spacial score (nSPS) is 23.6. The number of halogens is 1. The molecule has 0 aliphatic carbocycles. The van der Waals surface area contributed by atoms with Gasteiger partial charge in [-0.3, -0.25) is 4.79 Å². The number of aromatic nitrogens is 1. The molecule has 1 saturated heterocycles. The van der Waals surface area contributed by atoms with Crippen LogP contribution < -0.4 is 10.6 Å². The molecule has 17 heavy (non-hydrogen) atoms. The summed E-state index contributed by atoms with van der Waals surface area (Å²) in [5.74, 6) is 0.0154. The van der Waals surface area contributed by atoms with E-state index in [2.05, 4.69) is 15.6 Å². The van der Waals surface area contributed by atoms with Crippen molar-refractivity contribution >= 4 is 23.2 Å². The number of nitrogens with zero attached hydrogens (tertiary/aromatic N) is 1. The van der Waals surface area contributed by atoms with E-state index < -0.39 is 5.54 Å². The zero-order valence-corrected chi connectivity index (χ0v) is 10.5. The molecule has 2 heterocycles. The summed E-state index contributed by atoms with van der Waals surface area (Å²) in [6.45, 7) is 2.93. The lowest BCUT2D eigenvalue weighted by Crippen LogP contribution is -2.50. The minimum atomic E-state index is -0.417. The van der Waals surface area contributed by atoms with E-state index in [0.717, 1.165) is 25.8 Å². The Balaban J connectivity index is 2.08. The van der Waals surface area contributed by atoms with Crippen molar-refractivity contribution in [2.24, 2.45) is 0 Å². The molecule has 4 nitrogen and oxygen atoms in total. The predicted molar refractivity (Wildman–Crippen MR) is 68.1 cm³/mol. The van der Waals surface area contributed by atoms with Gasteiger partial charge in [0.05, 0.1) is 17.4 Å². The maximum Gasteiger partial charge on any atom is 0.244 e. The summed E-state index contributed by atoms with van der Waals surface area (Å²) in [7, 11) is 0. The number of hydrogen-bond donors (Lipinski definition) is 2. The Morgan fingerprint density at radius 3 is 3.00 bits per heavy atom. The summed E-state index contributed by atoms with van der Waals surface area (Å²) in [5, 5.41) is 6.60. The van der Waals surface area contributed by atoms with E-state index in [9.17, 15) is 4.79 Å². The first kappa shape index (κ1) is 12.3. The number of hydrogen-bond acceptors (Lipinski definition) is 3. The van der Waals surface area contributed by atoms with Crippen molar-refractivity contribution in [2.75, 3.05) is 11.9 Å². The van der Waals surface area contributed by atoms with Crippen molar-refractivity contribution in [3.8, 4) is 0 Å². The standard InChI is InChI=1S/C12H16ClN3O/c1-2-12(6-3-7-15-12)11(17)16-9-4-5-10(13)14-8-9/h4-5,8,15H,2-3,6-7H2,1H3,(H,16,17). The molecule has 0 bridgehead atoms. The Morgan fingerprint density at radius 2 is 2.47 bits per heavy atom. The van der Waals surface area contributed by atoms with Gasteiger partial charge in [-0.25, -0.2) is 4.98 Å². The van der Waals surface area contributed by atoms with Gasteiger partial charge in [0.15, 0.2) is 0 Å². The van der Waals surface area contributed by atoms with Crippen LogP contribution in [0.2, 0.25) is 5.15 Å². The quantitative estimate of drug-likeness (QED) is 0.812. The van der Waals surface area contributed by atoms with Gasteiger partial charge in [0.1, 0.15) is 5.15 Å². The average Bonchev–Trinajstić information content (AvgIpc) is 2.82. The van der Waals surface area contributed by atoms with E-state index in [1.807, 2.05) is 6.92 Å². The highest BCUT2D eigenvalue weighted by Crippen LogP contribution is 2.24. The Hall–Kier alpha value is -1.13. The molecule has 1 fully saturated rings. The van der Waals surface area contributed by atoms with E-state index in [-0.39, 0.29) is 5.91 Å². The second-order valence-electron chi connectivity index (χ2n) is 4.29. The molecular weight excluding hydrogens is 238 g/mol. The fourth-order valence-electron chi connectivity index (χ4n) is 2.16. The molecule has 2 rings (SSSR count). The van der Waals surface area contributed by atoms with Crippen LogP contribution in [0, 0.1) is 0 Å². The number of pyridine rings is 1. The molecule has 2 N–H and O–H groups in total. The molecular formula is C12H16ClN3O. The van der Waals surface area contributed by atoms with Gasteiger partial charge in [0, 0.05) is 0 Å². The Bertz CT molecular complexity index is 399. The van der Waals surface area contributed by atoms with Crippen molar-refractivity contribution in [1.29, 1.82) is 0 Å². The molecule has 1 aliphatic rings. The lowest BCUT2D eigenvalue weighted by Gasteiger charge is -2.26. The molecule has 1 amide bonds. The van der Waals surface area contributed by atoms with Crippen LogP contribution in [0.25, 0.3) is 0 Å². The highest BCUT2D eigenvalue weighted by Gasteiger charge is 2.38. The van der Waals surface area contributed by atoms with E-state index in [4.69, 9.17) is 11.6 Å². The van der Waals surface area contributed by atoms with Crippen molar-refractivity contribution in [3.63, 3.8) is 0 Å². The maximum atomic E-state index is 12.2. The van der Waals surface area contributed by atoms with Gasteiger partial charge in [-0.2, -0.15) is 0 Å². The molecule has 0 saturated carbocycles. The van der Waals surface area contributed by atoms with Gasteiger partial charge in [0.25, 0.3) is 0 Å². The monoisotopic (exact) mass is 253 g/mol. The van der Waals surface area contributed by atoms with Crippen molar-refractivity contribution in [1.82, 2.24) is 10.3 Å². The number of amides is 1. The van der Waals surface area contributed by atoms with E-state index in [0.29, 0.717) is 10.8 Å². The first-order valence-corrected chi connectivity index (χ1v) is 6.22. The van der Waals surface area contributed by atoms with Gasteiger partial charge in [-0.15, -0.1) is 0 Å². The van der Waals surface area contributed by atoms with Crippen LogP contribution in [0.5, 0.6) is 0 Å². The zero-order chi connectivity index (χ0) is 12.3. The first-order chi connectivity index (χ1) is 8.16. The van der Waals surface area contributed by atoms with Crippen LogP contribution in [0.1, 0.15) is 26.2 Å². The lowest BCUT2D eigenvalue weighted by molar-refractivity contribution is -0.122. The van der Waals surface area contributed by atoms with Crippen molar-refractivity contribution in [2.45, 2.75) is 31.7 Å². The van der Waals surface area contributed by atoms with E-state index in [1.165, 1.54) is 0 Å². The van der Waals surface area contributed by atoms with Crippen LogP contribution in [-0.2, 0) is 4.79 Å². The number of carbonyl (C=O) groups is 1. The Labute approximate surface area is 106 Å². The third-order valence-electron chi connectivity index (χ3n) is 3.27. The SMILES string of the molecule is CCC1(C(=O)Nc2ccc(Cl)nc2)CCCN1. The molecule has 0 aromatic carbocycles. The van der Waals surface area contributed by atoms with Crippen LogP contribution in [0.4, 0.5) is 5.69 Å². The Kier molecular flexibility index (Phi) is 3.64. The molecule has 0 spiro atoms. The predicted octanol–water partition coefficient (Wildman–Crippen LogP) is 2.21. The summed E-state index contributed by atoms with van der Waals surface area (Å²) in [6, 6.07) is 3.42. The topological polar surface area (TPSA) is 54.0 Å². The molecule has 1 atom stereocenters. The molecule has 1 aliphatic heterocycles. The highest BCUT2D eigenvalue weighted by molar-refractivity contribution is 6.29. The van der Waals surface area contributed by atoms with Gasteiger partial charge in [0.2, 0.25) is 5.91 Å². The fraction of sp³-hybridized carbons (Fsp3) is 0.500. The summed E-state index contributed by atoms with van der Waals surface area (Å²) < 4.78 is 0. The fourth-order valence-corrected chi connectivity index (χ4v) is 2.27. The van der Waals surface area contributed by atoms with Crippen LogP contribution in [0.3, 0.4) is 0 Å². The smallest absolute Gasteiger partial charge is 0.244 e. The minimum Gasteiger partial charge on any atom is -0.323 e. The molecule has 1 aromatic rings. The van der Waals surface area contributed by atoms with Gasteiger partial charge >= 0.3 is 0 Å². The second-order valence-corrected chi connectivity index (χ2v) is 4.68. The van der Waals surface area contributed by atoms with Gasteiger partial charge in [-0.05, 0) is 37.9 Å². The Morgan fingerprint density at radius 1 is 1.65 bits per heavy atom. The first-order valence-electron chi connectivity index (χ1n) is 5.84. The van der Waals surface area contributed by atoms with Gasteiger partial charge in [-0.1, -0.05) is 18.5 Å².